The zero-order valence-corrected chi connectivity index (χ0v) is 7.62. The van der Waals surface area contributed by atoms with Crippen molar-refractivity contribution in [3.8, 4) is 0 Å². The van der Waals surface area contributed by atoms with Crippen LogP contribution in [-0.4, -0.2) is 37.0 Å². The summed E-state index contributed by atoms with van der Waals surface area (Å²) in [6.07, 6.45) is 4.01. The topological polar surface area (TPSA) is 29.5 Å². The minimum atomic E-state index is -2.13. The highest BCUT2D eigenvalue weighted by Crippen LogP contribution is 2.34. The van der Waals surface area contributed by atoms with Gasteiger partial charge in [0.15, 0.2) is 0 Å². The fourth-order valence-electron chi connectivity index (χ4n) is 2.16. The lowest BCUT2D eigenvalue weighted by molar-refractivity contribution is -0.136. The molecule has 2 aliphatic heterocycles. The van der Waals surface area contributed by atoms with Crippen molar-refractivity contribution in [1.82, 2.24) is 4.90 Å². The first kappa shape index (κ1) is 5.81. The summed E-state index contributed by atoms with van der Waals surface area (Å²) in [6, 6.07) is -0.246. The smallest absolute Gasteiger partial charge is 0.335 e. The van der Waals surface area contributed by atoms with E-state index in [9.17, 15) is 4.79 Å². The van der Waals surface area contributed by atoms with Crippen LogP contribution in [0.2, 0.25) is 0 Å². The van der Waals surface area contributed by atoms with Gasteiger partial charge in [-0.05, 0) is 26.2 Å². The molecular weight excluding hydrogens is 166 g/mol. The van der Waals surface area contributed by atoms with Crippen LogP contribution in [0.5, 0.6) is 0 Å². The van der Waals surface area contributed by atoms with Gasteiger partial charge in [0.2, 0.25) is 0 Å². The van der Waals surface area contributed by atoms with Crippen molar-refractivity contribution in [2.45, 2.75) is 31.3 Å². The maximum Gasteiger partial charge on any atom is 0.335 e. The highest BCUT2D eigenvalue weighted by molar-refractivity contribution is 5.90. The minimum absolute atomic E-state index is 0.0471. The van der Waals surface area contributed by atoms with Crippen LogP contribution < -0.4 is 0 Å². The molecule has 0 aliphatic carbocycles. The number of esters is 1. The van der Waals surface area contributed by atoms with Gasteiger partial charge in [0, 0.05) is 16.2 Å². The molecule has 3 heteroatoms. The molecule has 72 valence electrons. The molecular formula is C10H15NO2. The number of carbonyl (C=O) groups is 1. The fourth-order valence-corrected chi connectivity index (χ4v) is 2.16. The van der Waals surface area contributed by atoms with Crippen LogP contribution in [0, 0.1) is 0 Å². The summed E-state index contributed by atoms with van der Waals surface area (Å²) in [4.78, 5) is 13.0. The largest absolute Gasteiger partial charge is 0.466 e. The molecule has 13 heavy (non-hydrogen) atoms. The Labute approximate surface area is 82.6 Å². The molecule has 0 amide bonds. The first-order chi connectivity index (χ1) is 7.45. The second-order valence-corrected chi connectivity index (χ2v) is 3.54. The zero-order valence-electron chi connectivity index (χ0n) is 10.6. The highest BCUT2D eigenvalue weighted by Gasteiger charge is 2.38. The van der Waals surface area contributed by atoms with Gasteiger partial charge in [-0.15, -0.1) is 0 Å². The summed E-state index contributed by atoms with van der Waals surface area (Å²) in [5.74, 6) is -0.403. The van der Waals surface area contributed by atoms with E-state index in [0.29, 0.717) is 12.0 Å². The number of hydrogen-bond acceptors (Lipinski definition) is 3. The lowest BCUT2D eigenvalue weighted by atomic mass is 10.0. The van der Waals surface area contributed by atoms with Gasteiger partial charge in [-0.3, -0.25) is 4.90 Å². The second-order valence-electron chi connectivity index (χ2n) is 3.54. The predicted octanol–water partition coefficient (Wildman–Crippen LogP) is 0.952. The number of likely N-dealkylation sites (N-methyl/N-ethyl adjacent to an activating group) is 1. The van der Waals surface area contributed by atoms with E-state index >= 15 is 0 Å². The van der Waals surface area contributed by atoms with E-state index in [-0.39, 0.29) is 12.1 Å². The van der Waals surface area contributed by atoms with Crippen molar-refractivity contribution in [2.75, 3.05) is 14.1 Å². The van der Waals surface area contributed by atoms with E-state index in [0.717, 1.165) is 12.8 Å². The Morgan fingerprint density at radius 2 is 2.62 bits per heavy atom. The standard InChI is InChI=1S/C10H15NO2/c1-11-7-3-5-8(10(12)13-2)9(11)6-4-7/h5,7,9H,3-4,6H2,1-2H3/t7-,9-/m1/s1/i1D3. The molecule has 2 bridgehead atoms. The number of hydrogen-bond donors (Lipinski definition) is 0. The molecule has 2 rings (SSSR count). The molecule has 0 unspecified atom stereocenters. The predicted molar refractivity (Wildman–Crippen MR) is 49.3 cm³/mol. The zero-order chi connectivity index (χ0) is 11.9. The molecule has 0 spiro atoms. The first-order valence-electron chi connectivity index (χ1n) is 6.02. The summed E-state index contributed by atoms with van der Waals surface area (Å²) in [5, 5.41) is 0. The third-order valence-corrected chi connectivity index (χ3v) is 2.89. The van der Waals surface area contributed by atoms with Crippen molar-refractivity contribution in [2.24, 2.45) is 0 Å². The Morgan fingerprint density at radius 3 is 3.31 bits per heavy atom. The molecule has 0 aromatic carbocycles. The third-order valence-electron chi connectivity index (χ3n) is 2.89. The maximum atomic E-state index is 11.5. The minimum Gasteiger partial charge on any atom is -0.466 e. The Bertz CT molecular complexity index is 337. The van der Waals surface area contributed by atoms with Gasteiger partial charge >= 0.3 is 5.97 Å². The van der Waals surface area contributed by atoms with Crippen LogP contribution in [0.4, 0.5) is 0 Å². The number of carbonyl (C=O) groups excluding carboxylic acids is 1. The van der Waals surface area contributed by atoms with E-state index in [1.807, 2.05) is 6.08 Å². The van der Waals surface area contributed by atoms with Crippen molar-refractivity contribution in [3.63, 3.8) is 0 Å². The first-order valence-corrected chi connectivity index (χ1v) is 4.52. The third kappa shape index (κ3) is 1.27. The summed E-state index contributed by atoms with van der Waals surface area (Å²) in [6.45, 7) is -2.13. The number of rotatable bonds is 1. The molecule has 0 aromatic rings. The maximum absolute atomic E-state index is 11.5. The Kier molecular flexibility index (Phi) is 1.40. The molecule has 2 atom stereocenters. The van der Waals surface area contributed by atoms with Gasteiger partial charge in [0.1, 0.15) is 0 Å². The van der Waals surface area contributed by atoms with E-state index in [1.54, 1.807) is 0 Å². The van der Waals surface area contributed by atoms with Gasteiger partial charge in [-0.25, -0.2) is 4.79 Å². The quantitative estimate of drug-likeness (QED) is 0.568. The monoisotopic (exact) mass is 184 g/mol. The van der Waals surface area contributed by atoms with Crippen LogP contribution in [0.25, 0.3) is 0 Å². The molecule has 2 heterocycles. The van der Waals surface area contributed by atoms with Crippen LogP contribution in [0.3, 0.4) is 0 Å². The summed E-state index contributed by atoms with van der Waals surface area (Å²) < 4.78 is 27.2. The van der Waals surface area contributed by atoms with Gasteiger partial charge in [0.25, 0.3) is 0 Å². The second kappa shape index (κ2) is 3.14. The van der Waals surface area contributed by atoms with Crippen LogP contribution in [-0.2, 0) is 9.53 Å². The number of methoxy groups -OCH3 is 1. The number of fused-ring (bicyclic) bond motifs is 2. The van der Waals surface area contributed by atoms with Gasteiger partial charge < -0.3 is 4.74 Å². The van der Waals surface area contributed by atoms with Gasteiger partial charge in [0.05, 0.1) is 12.7 Å². The average molecular weight is 184 g/mol. The normalized spacial score (nSPS) is 37.3. The van der Waals surface area contributed by atoms with Crippen molar-refractivity contribution < 1.29 is 13.6 Å². The summed E-state index contributed by atoms with van der Waals surface area (Å²) >= 11 is 0. The Morgan fingerprint density at radius 1 is 1.77 bits per heavy atom. The molecule has 0 radical (unpaired) electrons. The Balaban J connectivity index is 2.28. The van der Waals surface area contributed by atoms with Crippen molar-refractivity contribution >= 4 is 5.97 Å². The molecule has 3 nitrogen and oxygen atoms in total. The molecule has 0 saturated carbocycles. The van der Waals surface area contributed by atoms with E-state index in [2.05, 4.69) is 4.74 Å². The van der Waals surface area contributed by atoms with Crippen molar-refractivity contribution in [3.05, 3.63) is 11.6 Å². The van der Waals surface area contributed by atoms with E-state index < -0.39 is 12.9 Å². The summed E-state index contributed by atoms with van der Waals surface area (Å²) in [7, 11) is 1.32. The molecule has 2 aliphatic rings. The van der Waals surface area contributed by atoms with Crippen LogP contribution in [0.15, 0.2) is 11.6 Å². The number of ether oxygens (including phenoxy) is 1. The van der Waals surface area contributed by atoms with Gasteiger partial charge in [-0.2, -0.15) is 0 Å². The Hall–Kier alpha value is -0.830. The molecule has 0 N–H and O–H groups in total. The highest BCUT2D eigenvalue weighted by atomic mass is 16.5. The molecule has 0 aromatic heterocycles. The lowest BCUT2D eigenvalue weighted by Crippen LogP contribution is -2.38. The van der Waals surface area contributed by atoms with Crippen LogP contribution in [0.1, 0.15) is 23.4 Å². The fraction of sp³-hybridized carbons (Fsp3) is 0.700. The van der Waals surface area contributed by atoms with Crippen molar-refractivity contribution in [1.29, 1.82) is 0 Å². The SMILES string of the molecule is [2H]C([2H])([2H])N1[C@@H]2CC=C(C(=O)OC)[C@H]1CC2. The van der Waals surface area contributed by atoms with Crippen LogP contribution >= 0.6 is 0 Å². The lowest BCUT2D eigenvalue weighted by Gasteiger charge is -2.30. The van der Waals surface area contributed by atoms with E-state index in [1.165, 1.54) is 12.0 Å². The molecule has 1 saturated heterocycles. The summed E-state index contributed by atoms with van der Waals surface area (Å²) in [5.41, 5.74) is 0.507. The van der Waals surface area contributed by atoms with Gasteiger partial charge in [-0.1, -0.05) is 6.08 Å². The molecule has 1 fully saturated rings. The number of nitrogens with zero attached hydrogens (tertiary/aromatic N) is 1. The average Bonchev–Trinajstić information content (AvgIpc) is 2.53. The van der Waals surface area contributed by atoms with E-state index in [4.69, 9.17) is 4.11 Å².